The quantitative estimate of drug-likeness (QED) is 0.386. The van der Waals surface area contributed by atoms with E-state index in [-0.39, 0.29) is 9.92 Å². The SMILES string of the molecule is CC1CC(C)CN(c2oc(-c3ccc(Br)cc3)nc2S(=O)(=O)c2ccc(Br)cc2)C1. The lowest BCUT2D eigenvalue weighted by atomic mass is 9.92. The third-order valence-corrected chi connectivity index (χ3v) is 7.93. The fourth-order valence-corrected chi connectivity index (χ4v) is 5.79. The monoisotopic (exact) mass is 552 g/mol. The molecule has 0 radical (unpaired) electrons. The Kier molecular flexibility index (Phi) is 6.10. The molecular weight excluding hydrogens is 532 g/mol. The Morgan fingerprint density at radius 3 is 2.03 bits per heavy atom. The van der Waals surface area contributed by atoms with E-state index < -0.39 is 9.84 Å². The summed E-state index contributed by atoms with van der Waals surface area (Å²) in [5.41, 5.74) is 0.731. The second kappa shape index (κ2) is 8.48. The summed E-state index contributed by atoms with van der Waals surface area (Å²) in [6.07, 6.45) is 1.11. The van der Waals surface area contributed by atoms with Crippen LogP contribution in [0.1, 0.15) is 20.3 Å². The number of rotatable bonds is 4. The summed E-state index contributed by atoms with van der Waals surface area (Å²) in [5.74, 6) is 1.52. The summed E-state index contributed by atoms with van der Waals surface area (Å²) in [6.45, 7) is 5.83. The van der Waals surface area contributed by atoms with Crippen LogP contribution in [0.3, 0.4) is 0 Å². The number of sulfone groups is 1. The molecule has 30 heavy (non-hydrogen) atoms. The molecule has 1 aliphatic heterocycles. The van der Waals surface area contributed by atoms with Crippen molar-refractivity contribution >= 4 is 47.6 Å². The number of hydrogen-bond acceptors (Lipinski definition) is 5. The number of hydrogen-bond donors (Lipinski definition) is 0. The summed E-state index contributed by atoms with van der Waals surface area (Å²) in [6, 6.07) is 14.1. The Morgan fingerprint density at radius 1 is 0.933 bits per heavy atom. The summed E-state index contributed by atoms with van der Waals surface area (Å²) < 4.78 is 34.9. The van der Waals surface area contributed by atoms with Gasteiger partial charge in [0.1, 0.15) is 0 Å². The van der Waals surface area contributed by atoms with Gasteiger partial charge in [0, 0.05) is 27.6 Å². The zero-order valence-electron chi connectivity index (χ0n) is 16.7. The summed E-state index contributed by atoms with van der Waals surface area (Å²) >= 11 is 6.78. The second-order valence-electron chi connectivity index (χ2n) is 7.94. The van der Waals surface area contributed by atoms with Crippen LogP contribution in [-0.2, 0) is 9.84 Å². The second-order valence-corrected chi connectivity index (χ2v) is 11.6. The van der Waals surface area contributed by atoms with Crippen molar-refractivity contribution in [3.63, 3.8) is 0 Å². The van der Waals surface area contributed by atoms with Gasteiger partial charge < -0.3 is 9.32 Å². The van der Waals surface area contributed by atoms with E-state index in [1.54, 1.807) is 24.3 Å². The molecule has 8 heteroatoms. The number of nitrogens with zero attached hydrogens (tertiary/aromatic N) is 2. The van der Waals surface area contributed by atoms with Crippen LogP contribution >= 0.6 is 31.9 Å². The number of anilines is 1. The number of aromatic nitrogens is 1. The third-order valence-electron chi connectivity index (χ3n) is 5.21. The van der Waals surface area contributed by atoms with Gasteiger partial charge in [-0.3, -0.25) is 0 Å². The molecule has 1 saturated heterocycles. The molecule has 0 amide bonds. The first-order chi connectivity index (χ1) is 14.2. The van der Waals surface area contributed by atoms with Gasteiger partial charge in [-0.25, -0.2) is 8.42 Å². The molecule has 1 fully saturated rings. The van der Waals surface area contributed by atoms with E-state index in [2.05, 4.69) is 50.7 Å². The predicted molar refractivity (Wildman–Crippen MR) is 124 cm³/mol. The first kappa shape index (κ1) is 21.6. The van der Waals surface area contributed by atoms with E-state index in [1.807, 2.05) is 29.2 Å². The molecule has 2 aromatic carbocycles. The van der Waals surface area contributed by atoms with E-state index in [1.165, 1.54) is 0 Å². The van der Waals surface area contributed by atoms with Gasteiger partial charge in [-0.2, -0.15) is 4.98 Å². The number of benzene rings is 2. The molecule has 4 rings (SSSR count). The minimum absolute atomic E-state index is 0.0240. The average Bonchev–Trinajstić information content (AvgIpc) is 3.14. The van der Waals surface area contributed by atoms with Gasteiger partial charge in [-0.15, -0.1) is 0 Å². The van der Waals surface area contributed by atoms with Gasteiger partial charge in [0.05, 0.1) is 4.90 Å². The van der Waals surface area contributed by atoms with Crippen molar-refractivity contribution in [2.75, 3.05) is 18.0 Å². The Morgan fingerprint density at radius 2 is 1.47 bits per heavy atom. The highest BCUT2D eigenvalue weighted by Gasteiger charge is 2.34. The highest BCUT2D eigenvalue weighted by atomic mass is 79.9. The van der Waals surface area contributed by atoms with Gasteiger partial charge in [0.2, 0.25) is 26.6 Å². The molecule has 0 N–H and O–H groups in total. The van der Waals surface area contributed by atoms with Gasteiger partial charge >= 0.3 is 0 Å². The van der Waals surface area contributed by atoms with Crippen molar-refractivity contribution in [2.24, 2.45) is 11.8 Å². The molecule has 2 unspecified atom stereocenters. The Bertz CT molecular complexity index is 1130. The fraction of sp³-hybridized carbons (Fsp3) is 0.318. The van der Waals surface area contributed by atoms with Crippen LogP contribution in [0.4, 0.5) is 5.88 Å². The van der Waals surface area contributed by atoms with Crippen molar-refractivity contribution in [1.82, 2.24) is 4.98 Å². The van der Waals surface area contributed by atoms with E-state index in [0.29, 0.717) is 23.6 Å². The molecule has 1 aromatic heterocycles. The Labute approximate surface area is 193 Å². The maximum absolute atomic E-state index is 13.5. The zero-order valence-corrected chi connectivity index (χ0v) is 20.7. The number of piperidine rings is 1. The number of oxazole rings is 1. The standard InChI is InChI=1S/C22H22Br2N2O3S/c1-14-11-15(2)13-26(12-14)22-21(30(27,28)19-9-7-18(24)8-10-19)25-20(29-22)16-3-5-17(23)6-4-16/h3-10,14-15H,11-13H2,1-2H3. The molecule has 3 aromatic rings. The maximum atomic E-state index is 13.5. The van der Waals surface area contributed by atoms with Crippen LogP contribution in [0.15, 0.2) is 71.8 Å². The van der Waals surface area contributed by atoms with Crippen LogP contribution < -0.4 is 4.90 Å². The number of halogens is 2. The lowest BCUT2D eigenvalue weighted by Gasteiger charge is -2.34. The summed E-state index contributed by atoms with van der Waals surface area (Å²) in [5, 5.41) is -0.0240. The molecule has 1 aliphatic rings. The summed E-state index contributed by atoms with van der Waals surface area (Å²) in [4.78, 5) is 6.71. The molecule has 5 nitrogen and oxygen atoms in total. The van der Waals surface area contributed by atoms with Gasteiger partial charge in [0.25, 0.3) is 0 Å². The van der Waals surface area contributed by atoms with E-state index in [9.17, 15) is 8.42 Å². The lowest BCUT2D eigenvalue weighted by molar-refractivity contribution is 0.342. The lowest BCUT2D eigenvalue weighted by Crippen LogP contribution is -2.39. The van der Waals surface area contributed by atoms with Crippen molar-refractivity contribution < 1.29 is 12.8 Å². The topological polar surface area (TPSA) is 63.4 Å². The molecule has 2 atom stereocenters. The van der Waals surface area contributed by atoms with Crippen LogP contribution in [0.25, 0.3) is 11.5 Å². The van der Waals surface area contributed by atoms with E-state index in [4.69, 9.17) is 4.42 Å². The van der Waals surface area contributed by atoms with Crippen LogP contribution in [0, 0.1) is 11.8 Å². The van der Waals surface area contributed by atoms with E-state index >= 15 is 0 Å². The fourth-order valence-electron chi connectivity index (χ4n) is 3.94. The van der Waals surface area contributed by atoms with Crippen molar-refractivity contribution in [1.29, 1.82) is 0 Å². The van der Waals surface area contributed by atoms with Gasteiger partial charge in [-0.1, -0.05) is 45.7 Å². The Hall–Kier alpha value is -1.64. The van der Waals surface area contributed by atoms with Crippen LogP contribution in [0.5, 0.6) is 0 Å². The average molecular weight is 554 g/mol. The zero-order chi connectivity index (χ0) is 21.5. The molecule has 0 spiro atoms. The highest BCUT2D eigenvalue weighted by molar-refractivity contribution is 9.10. The summed E-state index contributed by atoms with van der Waals surface area (Å²) in [7, 11) is -3.84. The van der Waals surface area contributed by atoms with Crippen LogP contribution in [-0.4, -0.2) is 26.5 Å². The largest absolute Gasteiger partial charge is 0.419 e. The molecular formula is C22H22Br2N2O3S. The highest BCUT2D eigenvalue weighted by Crippen LogP contribution is 2.37. The molecule has 2 heterocycles. The molecule has 158 valence electrons. The molecule has 0 bridgehead atoms. The van der Waals surface area contributed by atoms with Crippen molar-refractivity contribution in [2.45, 2.75) is 30.2 Å². The van der Waals surface area contributed by atoms with Crippen molar-refractivity contribution in [3.8, 4) is 11.5 Å². The first-order valence-corrected chi connectivity index (χ1v) is 12.8. The molecule has 0 aliphatic carbocycles. The first-order valence-electron chi connectivity index (χ1n) is 9.76. The normalized spacial score (nSPS) is 19.8. The van der Waals surface area contributed by atoms with E-state index in [0.717, 1.165) is 34.0 Å². The van der Waals surface area contributed by atoms with Crippen molar-refractivity contribution in [3.05, 3.63) is 57.5 Å². The van der Waals surface area contributed by atoms with Gasteiger partial charge in [-0.05, 0) is 66.8 Å². The predicted octanol–water partition coefficient (Wildman–Crippen LogP) is 6.18. The van der Waals surface area contributed by atoms with Crippen LogP contribution in [0.2, 0.25) is 0 Å². The smallest absolute Gasteiger partial charge is 0.236 e. The Balaban J connectivity index is 1.85. The third kappa shape index (κ3) is 4.36. The molecule has 0 saturated carbocycles. The minimum Gasteiger partial charge on any atom is -0.419 e. The maximum Gasteiger partial charge on any atom is 0.236 e. The van der Waals surface area contributed by atoms with Gasteiger partial charge in [0.15, 0.2) is 0 Å². The minimum atomic E-state index is -3.84.